The minimum atomic E-state index is -0.477. The number of rotatable bonds is 5. The first-order chi connectivity index (χ1) is 12.0. The summed E-state index contributed by atoms with van der Waals surface area (Å²) in [4.78, 5) is 11.7. The van der Waals surface area contributed by atoms with Crippen LogP contribution < -0.4 is 10.5 Å². The molecule has 0 spiro atoms. The van der Waals surface area contributed by atoms with E-state index in [1.807, 2.05) is 35.8 Å². The molecule has 1 amide bonds. The molecule has 3 aromatic rings. The van der Waals surface area contributed by atoms with Gasteiger partial charge in [-0.3, -0.25) is 4.79 Å². The molecule has 25 heavy (non-hydrogen) atoms. The van der Waals surface area contributed by atoms with Crippen LogP contribution in [-0.4, -0.2) is 17.6 Å². The molecule has 0 saturated heterocycles. The molecule has 0 aliphatic heterocycles. The first-order valence-corrected chi connectivity index (χ1v) is 7.88. The van der Waals surface area contributed by atoms with Crippen LogP contribution in [0.4, 0.5) is 4.39 Å². The van der Waals surface area contributed by atoms with Gasteiger partial charge in [-0.1, -0.05) is 12.1 Å². The minimum absolute atomic E-state index is 0.302. The smallest absolute Gasteiger partial charge is 0.250 e. The van der Waals surface area contributed by atoms with E-state index in [9.17, 15) is 9.18 Å². The molecule has 1 aromatic heterocycles. The van der Waals surface area contributed by atoms with Crippen molar-refractivity contribution >= 4 is 5.91 Å². The Hall–Kier alpha value is -3.08. The Bertz CT molecular complexity index is 897. The Balaban J connectivity index is 2.06. The van der Waals surface area contributed by atoms with Gasteiger partial charge in [0.25, 0.3) is 5.91 Å². The second kappa shape index (κ2) is 6.81. The van der Waals surface area contributed by atoms with Crippen molar-refractivity contribution < 1.29 is 13.9 Å². The highest BCUT2D eigenvalue weighted by atomic mass is 19.1. The zero-order chi connectivity index (χ0) is 18.0. The molecule has 0 aliphatic rings. The molecule has 2 N–H and O–H groups in total. The topological polar surface area (TPSA) is 57.2 Å². The summed E-state index contributed by atoms with van der Waals surface area (Å²) in [6.07, 6.45) is 0. The van der Waals surface area contributed by atoms with E-state index >= 15 is 0 Å². The number of benzene rings is 2. The fourth-order valence-corrected chi connectivity index (χ4v) is 2.87. The third-order valence-electron chi connectivity index (χ3n) is 4.27. The number of ether oxygens (including phenoxy) is 1. The quantitative estimate of drug-likeness (QED) is 0.770. The number of carbonyl (C=O) groups excluding carboxylic acids is 1. The van der Waals surface area contributed by atoms with E-state index in [1.165, 1.54) is 12.1 Å². The number of aromatic nitrogens is 1. The van der Waals surface area contributed by atoms with Gasteiger partial charge in [-0.2, -0.15) is 0 Å². The summed E-state index contributed by atoms with van der Waals surface area (Å²) in [6.45, 7) is 2.42. The van der Waals surface area contributed by atoms with Crippen molar-refractivity contribution in [1.82, 2.24) is 4.57 Å². The molecular weight excluding hydrogens is 319 g/mol. The molecule has 0 unspecified atom stereocenters. The van der Waals surface area contributed by atoms with Gasteiger partial charge in [0.05, 0.1) is 12.7 Å². The fraction of sp³-hybridized carbons (Fsp3) is 0.150. The lowest BCUT2D eigenvalue weighted by Gasteiger charge is -2.13. The molecule has 3 rings (SSSR count). The van der Waals surface area contributed by atoms with Crippen LogP contribution in [-0.2, 0) is 6.54 Å². The van der Waals surface area contributed by atoms with Gasteiger partial charge in [0.2, 0.25) is 0 Å². The number of halogens is 1. The number of methoxy groups -OCH3 is 1. The maximum Gasteiger partial charge on any atom is 0.250 e. The molecule has 0 aliphatic carbocycles. The SMILES string of the molecule is COc1ccc(Cn2c(-c3ccc(F)cc3)cc(C(N)=O)c2C)cc1. The maximum atomic E-state index is 13.2. The Morgan fingerprint density at radius 3 is 2.32 bits per heavy atom. The maximum absolute atomic E-state index is 13.2. The number of nitrogens with zero attached hydrogens (tertiary/aromatic N) is 1. The first-order valence-electron chi connectivity index (χ1n) is 7.88. The van der Waals surface area contributed by atoms with Crippen molar-refractivity contribution in [3.05, 3.63) is 77.2 Å². The lowest BCUT2D eigenvalue weighted by atomic mass is 10.1. The van der Waals surface area contributed by atoms with Crippen LogP contribution in [0.5, 0.6) is 5.75 Å². The van der Waals surface area contributed by atoms with Crippen molar-refractivity contribution in [2.45, 2.75) is 13.5 Å². The lowest BCUT2D eigenvalue weighted by Crippen LogP contribution is -2.12. The normalized spacial score (nSPS) is 10.7. The average molecular weight is 338 g/mol. The van der Waals surface area contributed by atoms with E-state index in [1.54, 1.807) is 25.3 Å². The van der Waals surface area contributed by atoms with Crippen LogP contribution in [0.1, 0.15) is 21.6 Å². The molecule has 1 heterocycles. The zero-order valence-corrected chi connectivity index (χ0v) is 14.1. The van der Waals surface area contributed by atoms with Gasteiger partial charge in [0.15, 0.2) is 0 Å². The minimum Gasteiger partial charge on any atom is -0.497 e. The van der Waals surface area contributed by atoms with Gasteiger partial charge in [0, 0.05) is 17.9 Å². The second-order valence-electron chi connectivity index (χ2n) is 5.83. The second-order valence-corrected chi connectivity index (χ2v) is 5.83. The summed E-state index contributed by atoms with van der Waals surface area (Å²) in [5.41, 5.74) is 9.45. The van der Waals surface area contributed by atoms with Crippen LogP contribution in [0, 0.1) is 12.7 Å². The monoisotopic (exact) mass is 338 g/mol. The van der Waals surface area contributed by atoms with Crippen molar-refractivity contribution in [2.24, 2.45) is 5.73 Å². The molecule has 0 fully saturated rings. The molecule has 2 aromatic carbocycles. The average Bonchev–Trinajstić information content (AvgIpc) is 2.93. The number of nitrogens with two attached hydrogens (primary N) is 1. The number of amides is 1. The Kier molecular flexibility index (Phi) is 4.57. The molecule has 4 nitrogen and oxygen atoms in total. The van der Waals surface area contributed by atoms with E-state index in [4.69, 9.17) is 10.5 Å². The standard InChI is InChI=1S/C20H19FN2O2/c1-13-18(20(22)24)11-19(15-5-7-16(21)8-6-15)23(13)12-14-3-9-17(25-2)10-4-14/h3-11H,12H2,1-2H3,(H2,22,24). The molecule has 128 valence electrons. The highest BCUT2D eigenvalue weighted by Crippen LogP contribution is 2.27. The Morgan fingerprint density at radius 1 is 1.12 bits per heavy atom. The van der Waals surface area contributed by atoms with Crippen LogP contribution in [0.15, 0.2) is 54.6 Å². The van der Waals surface area contributed by atoms with E-state index in [0.29, 0.717) is 12.1 Å². The molecule has 5 heteroatoms. The van der Waals surface area contributed by atoms with E-state index in [-0.39, 0.29) is 5.82 Å². The third kappa shape index (κ3) is 3.40. The van der Waals surface area contributed by atoms with Gasteiger partial charge in [-0.25, -0.2) is 4.39 Å². The Morgan fingerprint density at radius 2 is 1.76 bits per heavy atom. The lowest BCUT2D eigenvalue weighted by molar-refractivity contribution is 0.0999. The summed E-state index contributed by atoms with van der Waals surface area (Å²) in [7, 11) is 1.62. The van der Waals surface area contributed by atoms with Crippen molar-refractivity contribution in [2.75, 3.05) is 7.11 Å². The van der Waals surface area contributed by atoms with Gasteiger partial charge >= 0.3 is 0 Å². The van der Waals surface area contributed by atoms with Crippen molar-refractivity contribution in [3.63, 3.8) is 0 Å². The predicted molar refractivity (Wildman–Crippen MR) is 95.2 cm³/mol. The van der Waals surface area contributed by atoms with Crippen molar-refractivity contribution in [1.29, 1.82) is 0 Å². The summed E-state index contributed by atoms with van der Waals surface area (Å²) in [6, 6.07) is 15.7. The predicted octanol–water partition coefficient (Wildman–Crippen LogP) is 3.76. The molecule has 0 radical (unpaired) electrons. The number of hydrogen-bond acceptors (Lipinski definition) is 2. The number of primary amides is 1. The Labute approximate surface area is 145 Å². The van der Waals surface area contributed by atoms with Gasteiger partial charge in [-0.05, 0) is 60.5 Å². The van der Waals surface area contributed by atoms with E-state index in [2.05, 4.69) is 0 Å². The zero-order valence-electron chi connectivity index (χ0n) is 14.1. The third-order valence-corrected chi connectivity index (χ3v) is 4.27. The molecule has 0 atom stereocenters. The molecular formula is C20H19FN2O2. The van der Waals surface area contributed by atoms with Crippen LogP contribution in [0.25, 0.3) is 11.3 Å². The van der Waals surface area contributed by atoms with Gasteiger partial charge in [-0.15, -0.1) is 0 Å². The van der Waals surface area contributed by atoms with Gasteiger partial charge < -0.3 is 15.0 Å². The molecule has 0 bridgehead atoms. The number of hydrogen-bond donors (Lipinski definition) is 1. The van der Waals surface area contributed by atoms with Crippen LogP contribution in [0.2, 0.25) is 0 Å². The van der Waals surface area contributed by atoms with Crippen LogP contribution >= 0.6 is 0 Å². The largest absolute Gasteiger partial charge is 0.497 e. The van der Waals surface area contributed by atoms with Crippen LogP contribution in [0.3, 0.4) is 0 Å². The van der Waals surface area contributed by atoms with E-state index in [0.717, 1.165) is 28.3 Å². The highest BCUT2D eigenvalue weighted by Gasteiger charge is 2.17. The summed E-state index contributed by atoms with van der Waals surface area (Å²) in [5.74, 6) is 0.00256. The number of carbonyl (C=O) groups is 1. The van der Waals surface area contributed by atoms with Crippen molar-refractivity contribution in [3.8, 4) is 17.0 Å². The first kappa shape index (κ1) is 16.8. The summed E-state index contributed by atoms with van der Waals surface area (Å²) < 4.78 is 20.4. The van der Waals surface area contributed by atoms with Gasteiger partial charge in [0.1, 0.15) is 11.6 Å². The summed E-state index contributed by atoms with van der Waals surface area (Å²) in [5, 5.41) is 0. The summed E-state index contributed by atoms with van der Waals surface area (Å²) >= 11 is 0. The fourth-order valence-electron chi connectivity index (χ4n) is 2.87. The van der Waals surface area contributed by atoms with E-state index < -0.39 is 5.91 Å². The highest BCUT2D eigenvalue weighted by molar-refractivity contribution is 5.95. The molecule has 0 saturated carbocycles.